The first kappa shape index (κ1) is 23.8. The third kappa shape index (κ3) is 4.50. The Morgan fingerprint density at radius 3 is 2.61 bits per heavy atom. The molecular weight excluding hydrogens is 466 g/mol. The molecule has 1 aliphatic rings. The summed E-state index contributed by atoms with van der Waals surface area (Å²) in [6.45, 7) is 5.95. The Morgan fingerprint density at radius 1 is 1.03 bits per heavy atom. The van der Waals surface area contributed by atoms with Gasteiger partial charge in [0.2, 0.25) is 5.91 Å². The van der Waals surface area contributed by atoms with Crippen LogP contribution in [0.25, 0.3) is 5.69 Å². The number of nitrogens with zero attached hydrogens (tertiary/aromatic N) is 3. The van der Waals surface area contributed by atoms with E-state index in [1.165, 1.54) is 5.56 Å². The number of carbonyl (C=O) groups excluding carboxylic acids is 1. The van der Waals surface area contributed by atoms with Crippen LogP contribution in [0, 0.1) is 13.8 Å². The number of benzene rings is 2. The van der Waals surface area contributed by atoms with Crippen molar-refractivity contribution in [2.45, 2.75) is 39.3 Å². The molecule has 7 heteroatoms. The molecule has 0 radical (unpaired) electrons. The molecule has 1 aliphatic heterocycles. The lowest BCUT2D eigenvalue weighted by atomic mass is 10.00. The molecule has 2 atom stereocenters. The lowest BCUT2D eigenvalue weighted by Gasteiger charge is -2.29. The highest BCUT2D eigenvalue weighted by atomic mass is 32.1. The van der Waals surface area contributed by atoms with Gasteiger partial charge in [0.25, 0.3) is 0 Å². The minimum absolute atomic E-state index is 0.00622. The second kappa shape index (κ2) is 9.95. The first-order valence-electron chi connectivity index (χ1n) is 12.1. The predicted octanol–water partition coefficient (Wildman–Crippen LogP) is 6.01. The molecule has 36 heavy (non-hydrogen) atoms. The fourth-order valence-corrected chi connectivity index (χ4v) is 5.10. The number of thiocarbonyl (C=S) groups is 1. The van der Waals surface area contributed by atoms with Crippen molar-refractivity contribution in [2.24, 2.45) is 0 Å². The molecule has 3 heterocycles. The number of aryl methyl sites for hydroxylation is 2. The largest absolute Gasteiger partial charge is 0.351 e. The SMILES string of the molecule is CCC(=O)Nc1ccc(N2C(=S)NC(c3ccccn3)C2c2cccn2-c2cccc(C)c2)cc1C. The third-order valence-corrected chi connectivity index (χ3v) is 6.86. The van der Waals surface area contributed by atoms with Gasteiger partial charge in [-0.25, -0.2) is 0 Å². The number of rotatable bonds is 6. The summed E-state index contributed by atoms with van der Waals surface area (Å²) in [6.07, 6.45) is 4.34. The van der Waals surface area contributed by atoms with Gasteiger partial charge in [0, 0.05) is 41.6 Å². The molecule has 2 aromatic carbocycles. The van der Waals surface area contributed by atoms with Gasteiger partial charge in [0.15, 0.2) is 5.11 Å². The van der Waals surface area contributed by atoms with E-state index in [1.807, 2.05) is 50.4 Å². The normalized spacial score (nSPS) is 17.2. The van der Waals surface area contributed by atoms with Crippen LogP contribution in [0.1, 0.15) is 47.9 Å². The van der Waals surface area contributed by atoms with Crippen molar-refractivity contribution in [3.8, 4) is 5.69 Å². The quantitative estimate of drug-likeness (QED) is 0.321. The van der Waals surface area contributed by atoms with Gasteiger partial charge >= 0.3 is 0 Å². The standard InChI is InChI=1S/C29H29N5OS/c1-4-26(35)31-23-14-13-22(18-20(23)3)34-28(27(32-29(34)36)24-11-5-6-15-30-24)25-12-8-16-33(25)21-10-7-9-19(2)17-21/h5-18,27-28H,4H2,1-3H3,(H,31,35)(H,32,36). The summed E-state index contributed by atoms with van der Waals surface area (Å²) < 4.78 is 2.22. The van der Waals surface area contributed by atoms with Crippen LogP contribution in [0.15, 0.2) is 85.2 Å². The monoisotopic (exact) mass is 495 g/mol. The van der Waals surface area contributed by atoms with Gasteiger partial charge in [-0.2, -0.15) is 0 Å². The summed E-state index contributed by atoms with van der Waals surface area (Å²) in [7, 11) is 0. The molecule has 2 N–H and O–H groups in total. The first-order valence-corrected chi connectivity index (χ1v) is 12.5. The highest BCUT2D eigenvalue weighted by Crippen LogP contribution is 2.42. The molecule has 0 bridgehead atoms. The zero-order chi connectivity index (χ0) is 25.2. The molecule has 2 unspecified atom stereocenters. The molecule has 182 valence electrons. The highest BCUT2D eigenvalue weighted by Gasteiger charge is 2.42. The Labute approximate surface area is 217 Å². The van der Waals surface area contributed by atoms with Gasteiger partial charge in [-0.15, -0.1) is 0 Å². The Kier molecular flexibility index (Phi) is 6.57. The van der Waals surface area contributed by atoms with Crippen LogP contribution in [-0.4, -0.2) is 20.6 Å². The van der Waals surface area contributed by atoms with Crippen molar-refractivity contribution in [1.29, 1.82) is 0 Å². The van der Waals surface area contributed by atoms with E-state index in [0.717, 1.165) is 34.0 Å². The molecule has 1 saturated heterocycles. The van der Waals surface area contributed by atoms with E-state index in [4.69, 9.17) is 12.2 Å². The molecule has 0 aliphatic carbocycles. The fraction of sp³-hybridized carbons (Fsp3) is 0.207. The number of hydrogen-bond acceptors (Lipinski definition) is 3. The van der Waals surface area contributed by atoms with Crippen LogP contribution in [0.4, 0.5) is 11.4 Å². The van der Waals surface area contributed by atoms with Crippen molar-refractivity contribution in [3.63, 3.8) is 0 Å². The lowest BCUT2D eigenvalue weighted by molar-refractivity contribution is -0.115. The number of aromatic nitrogens is 2. The molecule has 2 aromatic heterocycles. The topological polar surface area (TPSA) is 62.2 Å². The van der Waals surface area contributed by atoms with E-state index in [0.29, 0.717) is 11.5 Å². The van der Waals surface area contributed by atoms with Gasteiger partial charge in [0.1, 0.15) is 6.04 Å². The van der Waals surface area contributed by atoms with E-state index < -0.39 is 0 Å². The summed E-state index contributed by atoms with van der Waals surface area (Å²) in [5, 5.41) is 7.15. The molecule has 5 rings (SSSR count). The Bertz CT molecular complexity index is 1410. The summed E-state index contributed by atoms with van der Waals surface area (Å²) in [5.41, 5.74) is 7.07. The van der Waals surface area contributed by atoms with Gasteiger partial charge in [0.05, 0.1) is 11.7 Å². The maximum atomic E-state index is 12.0. The molecule has 1 amide bonds. The number of nitrogens with one attached hydrogen (secondary N) is 2. The van der Waals surface area contributed by atoms with Crippen LogP contribution in [0.2, 0.25) is 0 Å². The highest BCUT2D eigenvalue weighted by molar-refractivity contribution is 7.80. The van der Waals surface area contributed by atoms with Crippen LogP contribution < -0.4 is 15.5 Å². The maximum Gasteiger partial charge on any atom is 0.224 e. The third-order valence-electron chi connectivity index (χ3n) is 6.54. The second-order valence-electron chi connectivity index (χ2n) is 9.04. The van der Waals surface area contributed by atoms with E-state index in [1.54, 1.807) is 0 Å². The first-order chi connectivity index (χ1) is 17.5. The average molecular weight is 496 g/mol. The minimum atomic E-state index is -0.142. The zero-order valence-electron chi connectivity index (χ0n) is 20.6. The van der Waals surface area contributed by atoms with Crippen molar-refractivity contribution in [1.82, 2.24) is 14.9 Å². The van der Waals surface area contributed by atoms with E-state index in [9.17, 15) is 4.79 Å². The zero-order valence-corrected chi connectivity index (χ0v) is 21.4. The van der Waals surface area contributed by atoms with Gasteiger partial charge in [-0.3, -0.25) is 9.78 Å². The number of carbonyl (C=O) groups is 1. The van der Waals surface area contributed by atoms with Crippen molar-refractivity contribution in [2.75, 3.05) is 10.2 Å². The van der Waals surface area contributed by atoms with Crippen molar-refractivity contribution >= 4 is 34.6 Å². The van der Waals surface area contributed by atoms with E-state index in [2.05, 4.69) is 80.7 Å². The summed E-state index contributed by atoms with van der Waals surface area (Å²) in [4.78, 5) is 18.8. The summed E-state index contributed by atoms with van der Waals surface area (Å²) >= 11 is 5.90. The van der Waals surface area contributed by atoms with E-state index >= 15 is 0 Å². The Hall–Kier alpha value is -3.97. The molecular formula is C29H29N5OS. The fourth-order valence-electron chi connectivity index (χ4n) is 4.76. The molecule has 4 aromatic rings. The van der Waals surface area contributed by atoms with Gasteiger partial charge in [-0.05, 0) is 91.8 Å². The Morgan fingerprint density at radius 2 is 1.89 bits per heavy atom. The molecule has 6 nitrogen and oxygen atoms in total. The summed E-state index contributed by atoms with van der Waals surface area (Å²) in [5.74, 6) is -0.00622. The smallest absolute Gasteiger partial charge is 0.224 e. The molecule has 1 fully saturated rings. The molecule has 0 saturated carbocycles. The number of pyridine rings is 1. The summed E-state index contributed by atoms with van der Waals surface area (Å²) in [6, 6.07) is 24.4. The van der Waals surface area contributed by atoms with Crippen LogP contribution >= 0.6 is 12.2 Å². The second-order valence-corrected chi connectivity index (χ2v) is 9.43. The van der Waals surface area contributed by atoms with Crippen LogP contribution in [0.5, 0.6) is 0 Å². The number of amides is 1. The Balaban J connectivity index is 1.62. The predicted molar refractivity (Wildman–Crippen MR) is 149 cm³/mol. The minimum Gasteiger partial charge on any atom is -0.351 e. The van der Waals surface area contributed by atoms with Crippen molar-refractivity contribution < 1.29 is 4.79 Å². The van der Waals surface area contributed by atoms with E-state index in [-0.39, 0.29) is 18.0 Å². The van der Waals surface area contributed by atoms with Crippen LogP contribution in [0.3, 0.4) is 0 Å². The number of hydrogen-bond donors (Lipinski definition) is 2. The lowest BCUT2D eigenvalue weighted by Crippen LogP contribution is -2.30. The van der Waals surface area contributed by atoms with Gasteiger partial charge in [-0.1, -0.05) is 25.1 Å². The number of anilines is 2. The maximum absolute atomic E-state index is 12.0. The van der Waals surface area contributed by atoms with Crippen molar-refractivity contribution in [3.05, 3.63) is 108 Å². The average Bonchev–Trinajstić information content (AvgIpc) is 3.50. The van der Waals surface area contributed by atoms with Crippen LogP contribution in [-0.2, 0) is 4.79 Å². The van der Waals surface area contributed by atoms with Gasteiger partial charge < -0.3 is 20.1 Å². The molecule has 0 spiro atoms.